The van der Waals surface area contributed by atoms with Crippen LogP contribution in [0.25, 0.3) is 10.7 Å². The number of carbonyl (C=O) groups is 1. The maximum atomic E-state index is 11.6. The van der Waals surface area contributed by atoms with Gasteiger partial charge < -0.3 is 15.2 Å². The van der Waals surface area contributed by atoms with Crippen LogP contribution >= 0.6 is 27.3 Å². The Morgan fingerprint density at radius 2 is 2.33 bits per heavy atom. The van der Waals surface area contributed by atoms with Gasteiger partial charge in [0.2, 0.25) is 17.6 Å². The van der Waals surface area contributed by atoms with Crippen molar-refractivity contribution in [3.63, 3.8) is 0 Å². The molecule has 0 aliphatic carbocycles. The number of hydrogen-bond acceptors (Lipinski definition) is 6. The van der Waals surface area contributed by atoms with Crippen LogP contribution in [0.2, 0.25) is 0 Å². The SMILES string of the molecule is CNCCCNC(=O)CCc1nc(-c2cc(Br)cs2)no1. The van der Waals surface area contributed by atoms with Gasteiger partial charge in [0.25, 0.3) is 0 Å². The number of thiophene rings is 1. The van der Waals surface area contributed by atoms with Crippen molar-refractivity contribution in [2.24, 2.45) is 0 Å². The van der Waals surface area contributed by atoms with Crippen molar-refractivity contribution in [3.8, 4) is 10.7 Å². The molecule has 2 rings (SSSR count). The molecule has 2 aromatic rings. The molecule has 0 aliphatic heterocycles. The number of amides is 1. The van der Waals surface area contributed by atoms with E-state index in [9.17, 15) is 4.79 Å². The van der Waals surface area contributed by atoms with Crippen LogP contribution in [0, 0.1) is 0 Å². The molecule has 0 radical (unpaired) electrons. The Hall–Kier alpha value is -1.25. The average molecular weight is 373 g/mol. The summed E-state index contributed by atoms with van der Waals surface area (Å²) in [4.78, 5) is 16.9. The van der Waals surface area contributed by atoms with Gasteiger partial charge in [0, 0.05) is 29.2 Å². The monoisotopic (exact) mass is 372 g/mol. The zero-order chi connectivity index (χ0) is 15.1. The van der Waals surface area contributed by atoms with Gasteiger partial charge in [-0.2, -0.15) is 4.98 Å². The molecule has 1 amide bonds. The van der Waals surface area contributed by atoms with Gasteiger partial charge in [-0.05, 0) is 42.0 Å². The average Bonchev–Trinajstić information content (AvgIpc) is 3.10. The van der Waals surface area contributed by atoms with E-state index in [-0.39, 0.29) is 5.91 Å². The summed E-state index contributed by atoms with van der Waals surface area (Å²) >= 11 is 4.93. The fourth-order valence-corrected chi connectivity index (χ4v) is 3.04. The third kappa shape index (κ3) is 5.22. The second-order valence-electron chi connectivity index (χ2n) is 4.45. The van der Waals surface area contributed by atoms with E-state index in [0.29, 0.717) is 31.1 Å². The summed E-state index contributed by atoms with van der Waals surface area (Å²) in [6, 6.07) is 1.94. The topological polar surface area (TPSA) is 80.0 Å². The van der Waals surface area contributed by atoms with Crippen LogP contribution in [0.3, 0.4) is 0 Å². The minimum absolute atomic E-state index is 0.00437. The number of aryl methyl sites for hydroxylation is 1. The first-order valence-electron chi connectivity index (χ1n) is 6.67. The Bertz CT molecular complexity index is 584. The van der Waals surface area contributed by atoms with Crippen LogP contribution in [-0.4, -0.2) is 36.2 Å². The van der Waals surface area contributed by atoms with E-state index in [1.54, 1.807) is 0 Å². The van der Waals surface area contributed by atoms with Gasteiger partial charge in [0.15, 0.2) is 0 Å². The number of aromatic nitrogens is 2. The Morgan fingerprint density at radius 3 is 3.05 bits per heavy atom. The molecule has 6 nitrogen and oxygen atoms in total. The van der Waals surface area contributed by atoms with Crippen molar-refractivity contribution < 1.29 is 9.32 Å². The second-order valence-corrected chi connectivity index (χ2v) is 6.27. The maximum Gasteiger partial charge on any atom is 0.227 e. The zero-order valence-electron chi connectivity index (χ0n) is 11.7. The molecule has 114 valence electrons. The smallest absolute Gasteiger partial charge is 0.227 e. The number of halogens is 1. The highest BCUT2D eigenvalue weighted by Gasteiger charge is 2.11. The Kier molecular flexibility index (Phi) is 6.34. The molecule has 0 fully saturated rings. The quantitative estimate of drug-likeness (QED) is 0.694. The van der Waals surface area contributed by atoms with Crippen molar-refractivity contribution in [3.05, 3.63) is 21.8 Å². The second kappa shape index (κ2) is 8.26. The standard InChI is InChI=1S/C13H17BrN4O2S/c1-15-5-2-6-16-11(19)3-4-12-17-13(18-20-12)10-7-9(14)8-21-10/h7-8,15H,2-6H2,1H3,(H,16,19). The van der Waals surface area contributed by atoms with Crippen LogP contribution in [0.5, 0.6) is 0 Å². The Balaban J connectivity index is 1.76. The van der Waals surface area contributed by atoms with Gasteiger partial charge in [-0.1, -0.05) is 5.16 Å². The molecule has 0 bridgehead atoms. The molecule has 21 heavy (non-hydrogen) atoms. The minimum atomic E-state index is 0.00437. The first-order valence-corrected chi connectivity index (χ1v) is 8.34. The zero-order valence-corrected chi connectivity index (χ0v) is 14.1. The van der Waals surface area contributed by atoms with Crippen LogP contribution in [0.1, 0.15) is 18.7 Å². The van der Waals surface area contributed by atoms with Crippen molar-refractivity contribution in [1.29, 1.82) is 0 Å². The molecule has 0 saturated heterocycles. The molecular formula is C13H17BrN4O2S. The lowest BCUT2D eigenvalue weighted by molar-refractivity contribution is -0.121. The molecule has 2 N–H and O–H groups in total. The van der Waals surface area contributed by atoms with Gasteiger partial charge in [-0.25, -0.2) is 0 Å². The lowest BCUT2D eigenvalue weighted by atomic mass is 10.3. The highest BCUT2D eigenvalue weighted by atomic mass is 79.9. The van der Waals surface area contributed by atoms with Crippen LogP contribution in [0.4, 0.5) is 0 Å². The first-order chi connectivity index (χ1) is 10.2. The summed E-state index contributed by atoms with van der Waals surface area (Å²) in [5, 5.41) is 11.8. The van der Waals surface area contributed by atoms with Gasteiger partial charge in [0.1, 0.15) is 0 Å². The van der Waals surface area contributed by atoms with E-state index in [2.05, 4.69) is 36.7 Å². The third-order valence-corrected chi connectivity index (χ3v) is 4.43. The van der Waals surface area contributed by atoms with Crippen molar-refractivity contribution >= 4 is 33.2 Å². The summed E-state index contributed by atoms with van der Waals surface area (Å²) in [6.45, 7) is 1.57. The van der Waals surface area contributed by atoms with E-state index in [4.69, 9.17) is 4.52 Å². The van der Waals surface area contributed by atoms with Crippen LogP contribution in [-0.2, 0) is 11.2 Å². The lowest BCUT2D eigenvalue weighted by Crippen LogP contribution is -2.26. The lowest BCUT2D eigenvalue weighted by Gasteiger charge is -2.03. The predicted molar refractivity (Wildman–Crippen MR) is 85.2 cm³/mol. The van der Waals surface area contributed by atoms with Gasteiger partial charge >= 0.3 is 0 Å². The minimum Gasteiger partial charge on any atom is -0.356 e. The highest BCUT2D eigenvalue weighted by Crippen LogP contribution is 2.27. The molecule has 0 atom stereocenters. The van der Waals surface area contributed by atoms with Gasteiger partial charge in [-0.3, -0.25) is 4.79 Å². The maximum absolute atomic E-state index is 11.6. The Labute approximate surface area is 135 Å². The molecule has 0 saturated carbocycles. The van der Waals surface area contributed by atoms with Crippen LogP contribution in [0.15, 0.2) is 20.4 Å². The van der Waals surface area contributed by atoms with E-state index in [1.165, 1.54) is 11.3 Å². The summed E-state index contributed by atoms with van der Waals surface area (Å²) in [5.74, 6) is 1.06. The summed E-state index contributed by atoms with van der Waals surface area (Å²) in [7, 11) is 1.89. The van der Waals surface area contributed by atoms with Gasteiger partial charge in [-0.15, -0.1) is 11.3 Å². The molecular weight excluding hydrogens is 356 g/mol. The number of hydrogen-bond donors (Lipinski definition) is 2. The highest BCUT2D eigenvalue weighted by molar-refractivity contribution is 9.10. The fourth-order valence-electron chi connectivity index (χ4n) is 1.69. The van der Waals surface area contributed by atoms with Gasteiger partial charge in [0.05, 0.1) is 4.88 Å². The van der Waals surface area contributed by atoms with Crippen LogP contribution < -0.4 is 10.6 Å². The molecule has 0 aromatic carbocycles. The van der Waals surface area contributed by atoms with E-state index < -0.39 is 0 Å². The van der Waals surface area contributed by atoms with Crippen molar-refractivity contribution in [1.82, 2.24) is 20.8 Å². The molecule has 2 aromatic heterocycles. The van der Waals surface area contributed by atoms with Crippen molar-refractivity contribution in [2.45, 2.75) is 19.3 Å². The number of nitrogens with one attached hydrogen (secondary N) is 2. The molecule has 0 aliphatic rings. The normalized spacial score (nSPS) is 10.8. The Morgan fingerprint density at radius 1 is 1.48 bits per heavy atom. The first kappa shape index (κ1) is 16.1. The summed E-state index contributed by atoms with van der Waals surface area (Å²) in [5.41, 5.74) is 0. The number of nitrogens with zero attached hydrogens (tertiary/aromatic N) is 2. The number of carbonyl (C=O) groups excluding carboxylic acids is 1. The molecule has 2 heterocycles. The summed E-state index contributed by atoms with van der Waals surface area (Å²) in [6.07, 6.45) is 1.73. The molecule has 0 unspecified atom stereocenters. The van der Waals surface area contributed by atoms with E-state index >= 15 is 0 Å². The fraction of sp³-hybridized carbons (Fsp3) is 0.462. The largest absolute Gasteiger partial charge is 0.356 e. The molecule has 0 spiro atoms. The van der Waals surface area contributed by atoms with E-state index in [0.717, 1.165) is 22.3 Å². The third-order valence-electron chi connectivity index (χ3n) is 2.75. The summed E-state index contributed by atoms with van der Waals surface area (Å²) < 4.78 is 6.16. The predicted octanol–water partition coefficient (Wildman–Crippen LogP) is 2.22. The van der Waals surface area contributed by atoms with Crippen molar-refractivity contribution in [2.75, 3.05) is 20.1 Å². The van der Waals surface area contributed by atoms with E-state index in [1.807, 2.05) is 18.5 Å². The molecule has 8 heteroatoms. The number of rotatable bonds is 8.